The Bertz CT molecular complexity index is 1050. The first kappa shape index (κ1) is 20.0. The highest BCUT2D eigenvalue weighted by Gasteiger charge is 2.37. The number of carbonyl (C=O) groups excluding carboxylic acids is 1. The van der Waals surface area contributed by atoms with E-state index in [4.69, 9.17) is 0 Å². The van der Waals surface area contributed by atoms with Crippen LogP contribution in [0.4, 0.5) is 10.5 Å². The molecule has 7 nitrogen and oxygen atoms in total. The zero-order valence-electron chi connectivity index (χ0n) is 16.5. The van der Waals surface area contributed by atoms with Gasteiger partial charge in [-0.1, -0.05) is 30.3 Å². The van der Waals surface area contributed by atoms with Crippen LogP contribution in [0.15, 0.2) is 65.8 Å². The van der Waals surface area contributed by atoms with Crippen molar-refractivity contribution < 1.29 is 14.7 Å². The van der Waals surface area contributed by atoms with Crippen LogP contribution in [0.1, 0.15) is 17.0 Å². The van der Waals surface area contributed by atoms with Crippen LogP contribution in [-0.2, 0) is 24.3 Å². The number of thioether (sulfide) groups is 1. The average Bonchev–Trinajstić information content (AvgIpc) is 3.15. The van der Waals surface area contributed by atoms with Gasteiger partial charge in [-0.2, -0.15) is 0 Å². The van der Waals surface area contributed by atoms with Crippen molar-refractivity contribution in [1.82, 2.24) is 14.5 Å². The SMILES string of the molecule is CSc1ccc(NC(=O)N2Cc3c(ncn3Cc3ccccc3)CC2C(=O)O)cc1. The summed E-state index contributed by atoms with van der Waals surface area (Å²) in [4.78, 5) is 31.7. The quantitative estimate of drug-likeness (QED) is 0.612. The van der Waals surface area contributed by atoms with Gasteiger partial charge in [0.15, 0.2) is 0 Å². The van der Waals surface area contributed by atoms with Gasteiger partial charge >= 0.3 is 12.0 Å². The summed E-state index contributed by atoms with van der Waals surface area (Å²) in [6.07, 6.45) is 3.89. The van der Waals surface area contributed by atoms with E-state index in [1.54, 1.807) is 18.1 Å². The fraction of sp³-hybridized carbons (Fsp3) is 0.227. The summed E-state index contributed by atoms with van der Waals surface area (Å²) in [5.74, 6) is -1.04. The summed E-state index contributed by atoms with van der Waals surface area (Å²) in [6, 6.07) is 16.0. The molecule has 8 heteroatoms. The predicted octanol–water partition coefficient (Wildman–Crippen LogP) is 3.70. The number of carboxylic acids is 1. The van der Waals surface area contributed by atoms with Gasteiger partial charge in [0.25, 0.3) is 0 Å². The molecule has 2 aromatic carbocycles. The molecule has 3 aromatic rings. The van der Waals surface area contributed by atoms with Crippen molar-refractivity contribution in [1.29, 1.82) is 0 Å². The average molecular weight is 423 g/mol. The number of carbonyl (C=O) groups is 2. The Hall–Kier alpha value is -3.26. The molecule has 1 aliphatic heterocycles. The van der Waals surface area contributed by atoms with E-state index in [1.807, 2.05) is 65.4 Å². The van der Waals surface area contributed by atoms with Gasteiger partial charge in [0.1, 0.15) is 6.04 Å². The van der Waals surface area contributed by atoms with Gasteiger partial charge in [-0.3, -0.25) is 0 Å². The third-order valence-electron chi connectivity index (χ3n) is 5.20. The molecule has 1 aromatic heterocycles. The smallest absolute Gasteiger partial charge is 0.326 e. The topological polar surface area (TPSA) is 87.5 Å². The van der Waals surface area contributed by atoms with E-state index in [0.717, 1.165) is 21.8 Å². The van der Waals surface area contributed by atoms with E-state index in [0.29, 0.717) is 12.2 Å². The number of hydrogen-bond acceptors (Lipinski definition) is 4. The van der Waals surface area contributed by atoms with Gasteiger partial charge in [0.2, 0.25) is 0 Å². The molecule has 0 bridgehead atoms. The van der Waals surface area contributed by atoms with Crippen LogP contribution in [0.3, 0.4) is 0 Å². The van der Waals surface area contributed by atoms with E-state index in [-0.39, 0.29) is 13.0 Å². The first-order valence-electron chi connectivity index (χ1n) is 9.56. The maximum atomic E-state index is 13.0. The number of carboxylic acid groups (broad SMARTS) is 1. The highest BCUT2D eigenvalue weighted by Crippen LogP contribution is 2.25. The molecule has 0 aliphatic carbocycles. The van der Waals surface area contributed by atoms with E-state index < -0.39 is 18.0 Å². The van der Waals surface area contributed by atoms with Gasteiger partial charge < -0.3 is 19.9 Å². The second kappa shape index (κ2) is 8.62. The second-order valence-corrected chi connectivity index (χ2v) is 7.98. The Balaban J connectivity index is 1.56. The lowest BCUT2D eigenvalue weighted by atomic mass is 10.0. The van der Waals surface area contributed by atoms with E-state index >= 15 is 0 Å². The molecule has 1 unspecified atom stereocenters. The third-order valence-corrected chi connectivity index (χ3v) is 5.94. The molecule has 2 N–H and O–H groups in total. The Labute approximate surface area is 178 Å². The van der Waals surface area contributed by atoms with Crippen LogP contribution in [0.5, 0.6) is 0 Å². The van der Waals surface area contributed by atoms with Crippen molar-refractivity contribution in [3.05, 3.63) is 77.9 Å². The molecule has 0 spiro atoms. The van der Waals surface area contributed by atoms with Crippen LogP contribution in [0, 0.1) is 0 Å². The van der Waals surface area contributed by atoms with Crippen molar-refractivity contribution in [3.63, 3.8) is 0 Å². The minimum absolute atomic E-state index is 0.186. The number of aromatic nitrogens is 2. The normalized spacial score (nSPS) is 15.5. The maximum absolute atomic E-state index is 13.0. The van der Waals surface area contributed by atoms with Crippen molar-refractivity contribution in [2.45, 2.75) is 30.4 Å². The van der Waals surface area contributed by atoms with Crippen LogP contribution in [0.2, 0.25) is 0 Å². The maximum Gasteiger partial charge on any atom is 0.326 e. The number of aliphatic carboxylic acids is 1. The van der Waals surface area contributed by atoms with Gasteiger partial charge in [0.05, 0.1) is 24.3 Å². The summed E-state index contributed by atoms with van der Waals surface area (Å²) in [5, 5.41) is 12.5. The van der Waals surface area contributed by atoms with Gasteiger partial charge in [0, 0.05) is 23.5 Å². The third kappa shape index (κ3) is 4.18. The second-order valence-electron chi connectivity index (χ2n) is 7.10. The van der Waals surface area contributed by atoms with E-state index in [1.165, 1.54) is 4.90 Å². The summed E-state index contributed by atoms with van der Waals surface area (Å²) < 4.78 is 1.98. The summed E-state index contributed by atoms with van der Waals surface area (Å²) in [6.45, 7) is 0.806. The van der Waals surface area contributed by atoms with E-state index in [2.05, 4.69) is 10.3 Å². The number of benzene rings is 2. The summed E-state index contributed by atoms with van der Waals surface area (Å²) in [5.41, 5.74) is 3.34. The Morgan fingerprint density at radius 1 is 1.17 bits per heavy atom. The fourth-order valence-electron chi connectivity index (χ4n) is 3.59. The zero-order chi connectivity index (χ0) is 21.1. The number of urea groups is 1. The molecule has 0 saturated carbocycles. The number of anilines is 1. The fourth-order valence-corrected chi connectivity index (χ4v) is 4.00. The standard InChI is InChI=1S/C22H22N4O3S/c1-30-17-9-7-16(8-10-17)24-22(29)26-13-20-18(11-19(26)21(27)28)23-14-25(20)12-15-5-3-2-4-6-15/h2-10,14,19H,11-13H2,1H3,(H,24,29)(H,27,28). The molecule has 0 radical (unpaired) electrons. The first-order valence-corrected chi connectivity index (χ1v) is 10.8. The summed E-state index contributed by atoms with van der Waals surface area (Å²) >= 11 is 1.61. The van der Waals surface area contributed by atoms with Crippen molar-refractivity contribution in [2.24, 2.45) is 0 Å². The molecule has 30 heavy (non-hydrogen) atoms. The van der Waals surface area contributed by atoms with Crippen molar-refractivity contribution in [2.75, 3.05) is 11.6 Å². The van der Waals surface area contributed by atoms with Gasteiger partial charge in [-0.15, -0.1) is 11.8 Å². The molecule has 0 fully saturated rings. The van der Waals surface area contributed by atoms with Gasteiger partial charge in [-0.05, 0) is 36.1 Å². The lowest BCUT2D eigenvalue weighted by molar-refractivity contribution is -0.142. The molecule has 2 heterocycles. The predicted molar refractivity (Wildman–Crippen MR) is 116 cm³/mol. The van der Waals surface area contributed by atoms with Crippen LogP contribution in [-0.4, -0.2) is 43.9 Å². The number of nitrogens with one attached hydrogen (secondary N) is 1. The van der Waals surface area contributed by atoms with Crippen LogP contribution >= 0.6 is 11.8 Å². The minimum atomic E-state index is -1.04. The monoisotopic (exact) mass is 422 g/mol. The largest absolute Gasteiger partial charge is 0.480 e. The van der Waals surface area contributed by atoms with Crippen LogP contribution in [0.25, 0.3) is 0 Å². The molecule has 0 saturated heterocycles. The number of imidazole rings is 1. The minimum Gasteiger partial charge on any atom is -0.480 e. The van der Waals surface area contributed by atoms with E-state index in [9.17, 15) is 14.7 Å². The molecular weight excluding hydrogens is 400 g/mol. The van der Waals surface area contributed by atoms with Crippen LogP contribution < -0.4 is 5.32 Å². The lowest BCUT2D eigenvalue weighted by Crippen LogP contribution is -2.50. The molecule has 2 amide bonds. The number of rotatable bonds is 5. The first-order chi connectivity index (χ1) is 14.5. The Morgan fingerprint density at radius 2 is 1.90 bits per heavy atom. The Morgan fingerprint density at radius 3 is 2.57 bits per heavy atom. The number of amides is 2. The van der Waals surface area contributed by atoms with Gasteiger partial charge in [-0.25, -0.2) is 14.6 Å². The molecule has 1 aliphatic rings. The number of fused-ring (bicyclic) bond motifs is 1. The number of hydrogen-bond donors (Lipinski definition) is 2. The molecule has 4 rings (SSSR count). The zero-order valence-corrected chi connectivity index (χ0v) is 17.3. The molecule has 154 valence electrons. The highest BCUT2D eigenvalue weighted by molar-refractivity contribution is 7.98. The lowest BCUT2D eigenvalue weighted by Gasteiger charge is -2.33. The highest BCUT2D eigenvalue weighted by atomic mass is 32.2. The Kier molecular flexibility index (Phi) is 5.76. The molecule has 1 atom stereocenters. The molecular formula is C22H22N4O3S. The number of nitrogens with zero attached hydrogens (tertiary/aromatic N) is 3. The van der Waals surface area contributed by atoms with Crippen molar-refractivity contribution >= 4 is 29.4 Å². The summed E-state index contributed by atoms with van der Waals surface area (Å²) in [7, 11) is 0. The van der Waals surface area contributed by atoms with Crippen molar-refractivity contribution in [3.8, 4) is 0 Å².